The van der Waals surface area contributed by atoms with Crippen LogP contribution in [0.5, 0.6) is 0 Å². The van der Waals surface area contributed by atoms with Gasteiger partial charge in [0, 0.05) is 30.4 Å². The van der Waals surface area contributed by atoms with Crippen LogP contribution in [0, 0.1) is 16.0 Å². The lowest BCUT2D eigenvalue weighted by molar-refractivity contribution is -0.384. The molecule has 0 radical (unpaired) electrons. The van der Waals surface area contributed by atoms with E-state index < -0.39 is 4.92 Å². The molecule has 2 heterocycles. The van der Waals surface area contributed by atoms with Gasteiger partial charge >= 0.3 is 0 Å². The lowest BCUT2D eigenvalue weighted by Crippen LogP contribution is -2.29. The summed E-state index contributed by atoms with van der Waals surface area (Å²) in [6, 6.07) is 7.11. The highest BCUT2D eigenvalue weighted by atomic mass is 35.5. The average molecular weight is 328 g/mol. The van der Waals surface area contributed by atoms with Gasteiger partial charge in [-0.05, 0) is 29.5 Å². The standard InChI is InChI=1S/C17H14ClN3O2/c18-15-8-11(21(22)23)7-14-12-4-1-5-13(12)16(20-17(14)15)10-3-2-6-19-9-10/h1-4,6-9,12-13,16,20H,5H2/t12-,13+,16-/m1/s1. The maximum atomic E-state index is 11.1. The molecule has 1 aliphatic heterocycles. The van der Waals surface area contributed by atoms with Gasteiger partial charge < -0.3 is 5.32 Å². The highest BCUT2D eigenvalue weighted by molar-refractivity contribution is 6.33. The number of nitrogens with one attached hydrogen (secondary N) is 1. The third-order valence-electron chi connectivity index (χ3n) is 4.66. The van der Waals surface area contributed by atoms with Gasteiger partial charge in [-0.3, -0.25) is 15.1 Å². The van der Waals surface area contributed by atoms with E-state index in [1.165, 1.54) is 6.07 Å². The predicted molar refractivity (Wildman–Crippen MR) is 88.7 cm³/mol. The van der Waals surface area contributed by atoms with Gasteiger partial charge in [-0.2, -0.15) is 0 Å². The van der Waals surface area contributed by atoms with Crippen LogP contribution in [0.1, 0.15) is 29.5 Å². The number of fused-ring (bicyclic) bond motifs is 3. The number of allylic oxidation sites excluding steroid dienone is 2. The number of aromatic nitrogens is 1. The number of benzene rings is 1. The fraction of sp³-hybridized carbons (Fsp3) is 0.235. The molecule has 1 N–H and O–H groups in total. The van der Waals surface area contributed by atoms with E-state index in [-0.39, 0.29) is 17.6 Å². The van der Waals surface area contributed by atoms with Crippen LogP contribution in [0.25, 0.3) is 0 Å². The Morgan fingerprint density at radius 2 is 2.26 bits per heavy atom. The number of anilines is 1. The van der Waals surface area contributed by atoms with Crippen LogP contribution in [0.3, 0.4) is 0 Å². The number of halogens is 1. The van der Waals surface area contributed by atoms with Crippen molar-refractivity contribution in [2.45, 2.75) is 18.4 Å². The number of non-ortho nitro benzene ring substituents is 1. The molecule has 2 aromatic rings. The number of rotatable bonds is 2. The summed E-state index contributed by atoms with van der Waals surface area (Å²) >= 11 is 6.33. The molecule has 2 aliphatic rings. The molecule has 0 unspecified atom stereocenters. The van der Waals surface area contributed by atoms with Crippen LogP contribution in [-0.2, 0) is 0 Å². The summed E-state index contributed by atoms with van der Waals surface area (Å²) in [7, 11) is 0. The van der Waals surface area contributed by atoms with E-state index in [1.807, 2.05) is 18.3 Å². The van der Waals surface area contributed by atoms with Gasteiger partial charge in [0.25, 0.3) is 5.69 Å². The topological polar surface area (TPSA) is 68.1 Å². The molecule has 4 rings (SSSR count). The molecule has 3 atom stereocenters. The fourth-order valence-corrected chi connectivity index (χ4v) is 3.91. The smallest absolute Gasteiger partial charge is 0.271 e. The fourth-order valence-electron chi connectivity index (χ4n) is 3.64. The maximum Gasteiger partial charge on any atom is 0.271 e. The predicted octanol–water partition coefficient (Wildman–Crippen LogP) is 4.47. The Kier molecular flexibility index (Phi) is 3.31. The lowest BCUT2D eigenvalue weighted by Gasteiger charge is -2.37. The minimum absolute atomic E-state index is 0.0365. The van der Waals surface area contributed by atoms with Gasteiger partial charge in [0.15, 0.2) is 0 Å². The second kappa shape index (κ2) is 5.35. The van der Waals surface area contributed by atoms with Crippen LogP contribution in [0.15, 0.2) is 48.8 Å². The summed E-state index contributed by atoms with van der Waals surface area (Å²) in [4.78, 5) is 14.9. The third kappa shape index (κ3) is 2.28. The highest BCUT2D eigenvalue weighted by Crippen LogP contribution is 2.52. The molecule has 1 aromatic heterocycles. The first-order valence-electron chi connectivity index (χ1n) is 7.46. The van der Waals surface area contributed by atoms with Crippen molar-refractivity contribution in [2.75, 3.05) is 5.32 Å². The number of nitrogens with zero attached hydrogens (tertiary/aromatic N) is 2. The Morgan fingerprint density at radius 1 is 1.39 bits per heavy atom. The van der Waals surface area contributed by atoms with E-state index in [0.717, 1.165) is 23.2 Å². The molecule has 1 aliphatic carbocycles. The van der Waals surface area contributed by atoms with Gasteiger partial charge in [0.2, 0.25) is 0 Å². The minimum Gasteiger partial charge on any atom is -0.376 e. The molecule has 1 aromatic carbocycles. The van der Waals surface area contributed by atoms with E-state index >= 15 is 0 Å². The molecule has 0 fully saturated rings. The summed E-state index contributed by atoms with van der Waals surface area (Å²) in [5, 5.41) is 15.0. The molecule has 0 spiro atoms. The summed E-state index contributed by atoms with van der Waals surface area (Å²) in [5.74, 6) is 0.443. The molecule has 23 heavy (non-hydrogen) atoms. The molecule has 116 valence electrons. The van der Waals surface area contributed by atoms with Gasteiger partial charge in [0.05, 0.1) is 21.7 Å². The molecule has 0 saturated heterocycles. The zero-order valence-corrected chi connectivity index (χ0v) is 12.9. The Hall–Kier alpha value is -2.40. The van der Waals surface area contributed by atoms with Crippen molar-refractivity contribution in [3.63, 3.8) is 0 Å². The monoisotopic (exact) mass is 327 g/mol. The molecule has 0 saturated carbocycles. The molecule has 6 heteroatoms. The van der Waals surface area contributed by atoms with E-state index in [0.29, 0.717) is 10.9 Å². The van der Waals surface area contributed by atoms with Gasteiger partial charge in [-0.1, -0.05) is 29.8 Å². The molecular formula is C17H14ClN3O2. The van der Waals surface area contributed by atoms with E-state index in [1.54, 1.807) is 12.3 Å². The van der Waals surface area contributed by atoms with Gasteiger partial charge in [-0.15, -0.1) is 0 Å². The Balaban J connectivity index is 1.84. The molecule has 0 bridgehead atoms. The second-order valence-corrected chi connectivity index (χ2v) is 6.32. The van der Waals surface area contributed by atoms with Crippen molar-refractivity contribution >= 4 is 23.0 Å². The quantitative estimate of drug-likeness (QED) is 0.502. The van der Waals surface area contributed by atoms with Crippen LogP contribution in [0.2, 0.25) is 5.02 Å². The number of pyridine rings is 1. The maximum absolute atomic E-state index is 11.1. The zero-order valence-electron chi connectivity index (χ0n) is 12.1. The van der Waals surface area contributed by atoms with E-state index in [2.05, 4.69) is 22.5 Å². The van der Waals surface area contributed by atoms with Crippen LogP contribution < -0.4 is 5.32 Å². The van der Waals surface area contributed by atoms with E-state index in [9.17, 15) is 10.1 Å². The highest BCUT2D eigenvalue weighted by Gasteiger charge is 2.39. The molecule has 0 amide bonds. The summed E-state index contributed by atoms with van der Waals surface area (Å²) in [6.45, 7) is 0. The largest absolute Gasteiger partial charge is 0.376 e. The summed E-state index contributed by atoms with van der Waals surface area (Å²) in [6.07, 6.45) is 8.81. The van der Waals surface area contributed by atoms with Crippen molar-refractivity contribution in [3.05, 3.63) is 75.1 Å². The first kappa shape index (κ1) is 14.2. The number of nitro groups is 1. The average Bonchev–Trinajstić information content (AvgIpc) is 3.04. The van der Waals surface area contributed by atoms with Crippen molar-refractivity contribution in [1.82, 2.24) is 4.98 Å². The Bertz CT molecular complexity index is 807. The van der Waals surface area contributed by atoms with E-state index in [4.69, 9.17) is 11.6 Å². The normalized spacial score (nSPS) is 24.7. The van der Waals surface area contributed by atoms with Crippen molar-refractivity contribution in [3.8, 4) is 0 Å². The number of hydrogen-bond acceptors (Lipinski definition) is 4. The molecular weight excluding hydrogens is 314 g/mol. The van der Waals surface area contributed by atoms with Gasteiger partial charge in [0.1, 0.15) is 0 Å². The van der Waals surface area contributed by atoms with Crippen LogP contribution >= 0.6 is 11.6 Å². The second-order valence-electron chi connectivity index (χ2n) is 5.91. The zero-order chi connectivity index (χ0) is 16.0. The van der Waals surface area contributed by atoms with Crippen LogP contribution in [0.4, 0.5) is 11.4 Å². The Labute approximate surface area is 138 Å². The minimum atomic E-state index is -0.396. The lowest BCUT2D eigenvalue weighted by atomic mass is 9.77. The Morgan fingerprint density at radius 3 is 3.00 bits per heavy atom. The first-order valence-corrected chi connectivity index (χ1v) is 7.84. The SMILES string of the molecule is O=[N+]([O-])c1cc(Cl)c2c(c1)[C@@H]1C=CC[C@@H]1[C@@H](c1cccnc1)N2. The van der Waals surface area contributed by atoms with Crippen molar-refractivity contribution < 1.29 is 4.92 Å². The summed E-state index contributed by atoms with van der Waals surface area (Å²) in [5.41, 5.74) is 2.84. The van der Waals surface area contributed by atoms with Gasteiger partial charge in [-0.25, -0.2) is 0 Å². The number of hydrogen-bond donors (Lipinski definition) is 1. The van der Waals surface area contributed by atoms with Crippen molar-refractivity contribution in [2.24, 2.45) is 5.92 Å². The van der Waals surface area contributed by atoms with Crippen LogP contribution in [-0.4, -0.2) is 9.91 Å². The molecule has 5 nitrogen and oxygen atoms in total. The first-order chi connectivity index (χ1) is 11.1. The number of nitro benzene ring substituents is 1. The third-order valence-corrected chi connectivity index (χ3v) is 4.96. The summed E-state index contributed by atoms with van der Waals surface area (Å²) < 4.78 is 0. The van der Waals surface area contributed by atoms with Crippen molar-refractivity contribution in [1.29, 1.82) is 0 Å².